The van der Waals surface area contributed by atoms with Crippen LogP contribution >= 0.6 is 11.6 Å². The first-order chi connectivity index (χ1) is 15.2. The lowest BCUT2D eigenvalue weighted by atomic mass is 9.73. The van der Waals surface area contributed by atoms with E-state index in [-0.39, 0.29) is 11.5 Å². The number of ether oxygens (including phenoxy) is 1. The molecule has 1 atom stereocenters. The molecule has 1 spiro atoms. The number of amides is 1. The molecule has 1 aliphatic carbocycles. The van der Waals surface area contributed by atoms with Crippen LogP contribution in [0.4, 0.5) is 4.79 Å². The average Bonchev–Trinajstić information content (AvgIpc) is 3.19. The molecule has 0 bridgehead atoms. The maximum absolute atomic E-state index is 12.5. The third kappa shape index (κ3) is 4.99. The molecule has 7 heteroatoms. The van der Waals surface area contributed by atoms with E-state index in [0.29, 0.717) is 5.02 Å². The molecular formula is C26H37BClNO4. The summed E-state index contributed by atoms with van der Waals surface area (Å²) in [6.07, 6.45) is 6.18. The van der Waals surface area contributed by atoms with Crippen LogP contribution in [0.25, 0.3) is 5.57 Å². The van der Waals surface area contributed by atoms with Gasteiger partial charge >= 0.3 is 13.2 Å². The Morgan fingerprint density at radius 2 is 1.79 bits per heavy atom. The van der Waals surface area contributed by atoms with Gasteiger partial charge in [0.15, 0.2) is 0 Å². The van der Waals surface area contributed by atoms with Crippen LogP contribution in [0.15, 0.2) is 24.3 Å². The third-order valence-electron chi connectivity index (χ3n) is 7.67. The predicted molar refractivity (Wildman–Crippen MR) is 134 cm³/mol. The zero-order chi connectivity index (χ0) is 24.2. The maximum Gasteiger partial charge on any atom is 0.496 e. The molecule has 180 valence electrons. The second kappa shape index (κ2) is 8.32. The highest BCUT2D eigenvalue weighted by atomic mass is 35.5. The molecule has 2 heterocycles. The van der Waals surface area contributed by atoms with Crippen LogP contribution in [0.1, 0.15) is 79.7 Å². The van der Waals surface area contributed by atoms with Gasteiger partial charge in [-0.25, -0.2) is 4.79 Å². The van der Waals surface area contributed by atoms with Crippen molar-refractivity contribution in [3.63, 3.8) is 0 Å². The summed E-state index contributed by atoms with van der Waals surface area (Å²) < 4.78 is 17.9. The van der Waals surface area contributed by atoms with E-state index in [0.717, 1.165) is 49.8 Å². The lowest BCUT2D eigenvalue weighted by Gasteiger charge is -2.33. The van der Waals surface area contributed by atoms with E-state index in [9.17, 15) is 4.79 Å². The quantitative estimate of drug-likeness (QED) is 0.507. The van der Waals surface area contributed by atoms with Gasteiger partial charge < -0.3 is 18.9 Å². The van der Waals surface area contributed by atoms with Crippen LogP contribution < -0.4 is 5.46 Å². The predicted octanol–water partition coefficient (Wildman–Crippen LogP) is 5.83. The van der Waals surface area contributed by atoms with Crippen molar-refractivity contribution in [1.29, 1.82) is 0 Å². The molecule has 1 aromatic carbocycles. The van der Waals surface area contributed by atoms with Gasteiger partial charge in [-0.15, -0.1) is 0 Å². The topological polar surface area (TPSA) is 48.0 Å². The van der Waals surface area contributed by atoms with Gasteiger partial charge in [0.2, 0.25) is 0 Å². The number of rotatable bonds is 2. The number of benzene rings is 1. The van der Waals surface area contributed by atoms with Crippen molar-refractivity contribution in [2.75, 3.05) is 13.1 Å². The van der Waals surface area contributed by atoms with Crippen molar-refractivity contribution in [1.82, 2.24) is 4.90 Å². The summed E-state index contributed by atoms with van der Waals surface area (Å²) in [4.78, 5) is 14.4. The number of hydrogen-bond donors (Lipinski definition) is 0. The molecule has 0 N–H and O–H groups in total. The Kier molecular flexibility index (Phi) is 6.21. The van der Waals surface area contributed by atoms with E-state index in [1.54, 1.807) is 0 Å². The molecule has 4 rings (SSSR count). The average molecular weight is 474 g/mol. The van der Waals surface area contributed by atoms with Gasteiger partial charge in [-0.3, -0.25) is 0 Å². The van der Waals surface area contributed by atoms with Gasteiger partial charge in [0.05, 0.1) is 11.2 Å². The summed E-state index contributed by atoms with van der Waals surface area (Å²) in [5.41, 5.74) is 2.25. The number of nitrogens with zero attached hydrogens (tertiary/aromatic N) is 1. The van der Waals surface area contributed by atoms with E-state index in [1.807, 2.05) is 65.5 Å². The van der Waals surface area contributed by atoms with Gasteiger partial charge in [0.1, 0.15) is 5.60 Å². The minimum atomic E-state index is -0.461. The van der Waals surface area contributed by atoms with Gasteiger partial charge in [0.25, 0.3) is 0 Å². The second-order valence-corrected chi connectivity index (χ2v) is 12.3. The zero-order valence-electron chi connectivity index (χ0n) is 21.1. The van der Waals surface area contributed by atoms with Crippen LogP contribution in [0.2, 0.25) is 5.02 Å². The van der Waals surface area contributed by atoms with Crippen molar-refractivity contribution in [3.05, 3.63) is 34.9 Å². The Morgan fingerprint density at radius 3 is 2.33 bits per heavy atom. The van der Waals surface area contributed by atoms with E-state index < -0.39 is 23.9 Å². The Bertz CT molecular complexity index is 952. The van der Waals surface area contributed by atoms with E-state index >= 15 is 0 Å². The SMILES string of the molecule is CC(C)(C)OC(=O)N1CCC2(CC=C(c3ccc(B4OC(C)(C)C(C)(C)O4)c(Cl)c3)CC2)C1. The first-order valence-electron chi connectivity index (χ1n) is 12.0. The van der Waals surface area contributed by atoms with Gasteiger partial charge in [-0.2, -0.15) is 0 Å². The summed E-state index contributed by atoms with van der Waals surface area (Å²) in [5.74, 6) is 0. The highest BCUT2D eigenvalue weighted by molar-refractivity contribution is 6.65. The fourth-order valence-corrected chi connectivity index (χ4v) is 5.15. The van der Waals surface area contributed by atoms with Gasteiger partial charge in [-0.1, -0.05) is 29.8 Å². The number of carbonyl (C=O) groups excluding carboxylic acids is 1. The van der Waals surface area contributed by atoms with E-state index in [1.165, 1.54) is 5.57 Å². The first kappa shape index (κ1) is 24.6. The Labute approximate surface area is 203 Å². The number of allylic oxidation sites excluding steroid dienone is 2. The second-order valence-electron chi connectivity index (χ2n) is 11.9. The van der Waals surface area contributed by atoms with Crippen LogP contribution in [-0.4, -0.2) is 48.0 Å². The molecule has 3 aliphatic rings. The molecule has 5 nitrogen and oxygen atoms in total. The lowest BCUT2D eigenvalue weighted by molar-refractivity contribution is 0.00578. The van der Waals surface area contributed by atoms with Crippen molar-refractivity contribution in [3.8, 4) is 0 Å². The first-order valence-corrected chi connectivity index (χ1v) is 12.4. The minimum absolute atomic E-state index is 0.160. The fraction of sp³-hybridized carbons (Fsp3) is 0.654. The summed E-state index contributed by atoms with van der Waals surface area (Å²) in [5, 5.41) is 0.671. The van der Waals surface area contributed by atoms with Crippen molar-refractivity contribution >= 4 is 35.8 Å². The monoisotopic (exact) mass is 473 g/mol. The minimum Gasteiger partial charge on any atom is -0.444 e. The summed E-state index contributed by atoms with van der Waals surface area (Å²) in [6, 6.07) is 6.19. The Morgan fingerprint density at radius 1 is 1.12 bits per heavy atom. The molecule has 2 fully saturated rings. The molecule has 1 amide bonds. The molecule has 1 aromatic rings. The molecular weight excluding hydrogens is 437 g/mol. The number of hydrogen-bond acceptors (Lipinski definition) is 4. The Balaban J connectivity index is 1.43. The standard InChI is InChI=1S/C26H37BClNO4/c1-23(2,3)31-22(30)29-15-14-26(17-29)12-10-18(11-13-26)19-8-9-20(21(28)16-19)27-32-24(4,5)25(6,7)33-27/h8-10,16H,11-15,17H2,1-7H3. The molecule has 2 aliphatic heterocycles. The van der Waals surface area contributed by atoms with Crippen LogP contribution in [-0.2, 0) is 14.0 Å². The van der Waals surface area contributed by atoms with Crippen molar-refractivity contribution in [2.45, 2.75) is 91.0 Å². The van der Waals surface area contributed by atoms with Gasteiger partial charge in [-0.05, 0) is 96.8 Å². The molecule has 1 unspecified atom stereocenters. The molecule has 0 saturated carbocycles. The van der Waals surface area contributed by atoms with Crippen LogP contribution in [0.5, 0.6) is 0 Å². The Hall–Kier alpha value is -1.50. The molecule has 0 aromatic heterocycles. The van der Waals surface area contributed by atoms with Crippen molar-refractivity contribution < 1.29 is 18.8 Å². The highest BCUT2D eigenvalue weighted by Gasteiger charge is 2.52. The number of halogens is 1. The largest absolute Gasteiger partial charge is 0.496 e. The maximum atomic E-state index is 12.5. The van der Waals surface area contributed by atoms with Gasteiger partial charge in [0, 0.05) is 23.6 Å². The van der Waals surface area contributed by atoms with Crippen LogP contribution in [0.3, 0.4) is 0 Å². The molecule has 0 radical (unpaired) electrons. The number of likely N-dealkylation sites (tertiary alicyclic amines) is 1. The fourth-order valence-electron chi connectivity index (χ4n) is 4.88. The summed E-state index contributed by atoms with van der Waals surface area (Å²) >= 11 is 6.70. The highest BCUT2D eigenvalue weighted by Crippen LogP contribution is 2.45. The third-order valence-corrected chi connectivity index (χ3v) is 8.00. The van der Waals surface area contributed by atoms with E-state index in [4.69, 9.17) is 25.6 Å². The normalized spacial score (nSPS) is 26.6. The molecule has 2 saturated heterocycles. The molecule has 33 heavy (non-hydrogen) atoms. The van der Waals surface area contributed by atoms with Crippen LogP contribution in [0, 0.1) is 5.41 Å². The van der Waals surface area contributed by atoms with Crippen molar-refractivity contribution in [2.24, 2.45) is 5.41 Å². The van der Waals surface area contributed by atoms with E-state index in [2.05, 4.69) is 12.1 Å². The lowest BCUT2D eigenvalue weighted by Crippen LogP contribution is -2.41. The smallest absolute Gasteiger partial charge is 0.444 e. The summed E-state index contributed by atoms with van der Waals surface area (Å²) in [6.45, 7) is 15.5. The number of carbonyl (C=O) groups is 1. The zero-order valence-corrected chi connectivity index (χ0v) is 21.8. The summed E-state index contributed by atoms with van der Waals surface area (Å²) in [7, 11) is -0.461.